The topological polar surface area (TPSA) is 83.0 Å². The van der Waals surface area contributed by atoms with Crippen LogP contribution in [-0.4, -0.2) is 38.1 Å². The lowest BCUT2D eigenvalue weighted by atomic mass is 9.90. The second-order valence-electron chi connectivity index (χ2n) is 9.25. The van der Waals surface area contributed by atoms with Crippen LogP contribution < -0.4 is 4.74 Å². The van der Waals surface area contributed by atoms with Crippen LogP contribution in [0.4, 0.5) is 0 Å². The maximum atomic E-state index is 13.0. The molecule has 1 saturated carbocycles. The molecule has 36 heavy (non-hydrogen) atoms. The Morgan fingerprint density at radius 1 is 1.06 bits per heavy atom. The van der Waals surface area contributed by atoms with Gasteiger partial charge in [-0.25, -0.2) is 0 Å². The number of rotatable bonds is 6. The summed E-state index contributed by atoms with van der Waals surface area (Å²) in [6, 6.07) is 17.8. The summed E-state index contributed by atoms with van der Waals surface area (Å²) in [5.74, 6) is 0.946. The van der Waals surface area contributed by atoms with E-state index < -0.39 is 0 Å². The SMILES string of the molecule is N=C1/C(=C\c2cn(CCOc3ccccc3)c3ccccc23)C(=O)N=C2SC(C3CCCCC3)=NN12. The first-order chi connectivity index (χ1) is 17.7. The monoisotopic (exact) mass is 497 g/mol. The molecule has 1 N–H and O–H groups in total. The van der Waals surface area contributed by atoms with Gasteiger partial charge in [-0.1, -0.05) is 55.7 Å². The van der Waals surface area contributed by atoms with E-state index in [9.17, 15) is 4.79 Å². The number of hydrogen-bond donors (Lipinski definition) is 1. The van der Waals surface area contributed by atoms with Crippen LogP contribution in [-0.2, 0) is 11.3 Å². The number of fused-ring (bicyclic) bond motifs is 2. The molecule has 6 rings (SSSR count). The zero-order valence-electron chi connectivity index (χ0n) is 19.9. The second-order valence-corrected chi connectivity index (χ2v) is 10.2. The van der Waals surface area contributed by atoms with Gasteiger partial charge in [-0.05, 0) is 48.9 Å². The number of carbonyl (C=O) groups is 1. The molecular formula is C28H27N5O2S. The maximum absolute atomic E-state index is 13.0. The predicted octanol–water partition coefficient (Wildman–Crippen LogP) is 5.92. The number of nitrogens with one attached hydrogen (secondary N) is 1. The average molecular weight is 498 g/mol. The third kappa shape index (κ3) is 4.37. The minimum atomic E-state index is -0.386. The van der Waals surface area contributed by atoms with Gasteiger partial charge in [0, 0.05) is 28.6 Å². The molecule has 3 heterocycles. The number of para-hydroxylation sites is 2. The van der Waals surface area contributed by atoms with Crippen LogP contribution in [0, 0.1) is 11.3 Å². The van der Waals surface area contributed by atoms with Crippen molar-refractivity contribution in [2.45, 2.75) is 38.6 Å². The summed E-state index contributed by atoms with van der Waals surface area (Å²) in [5.41, 5.74) is 2.19. The van der Waals surface area contributed by atoms with E-state index in [1.54, 1.807) is 6.08 Å². The van der Waals surface area contributed by atoms with Crippen LogP contribution in [0.3, 0.4) is 0 Å². The van der Waals surface area contributed by atoms with Gasteiger partial charge in [0.2, 0.25) is 5.17 Å². The van der Waals surface area contributed by atoms with Gasteiger partial charge in [0.25, 0.3) is 5.91 Å². The van der Waals surface area contributed by atoms with E-state index in [0.29, 0.717) is 24.2 Å². The third-order valence-corrected chi connectivity index (χ3v) is 7.96. The molecule has 7 nitrogen and oxygen atoms in total. The number of hydrazone groups is 1. The van der Waals surface area contributed by atoms with Crippen molar-refractivity contribution < 1.29 is 9.53 Å². The van der Waals surface area contributed by atoms with E-state index in [1.165, 1.54) is 36.0 Å². The van der Waals surface area contributed by atoms with Gasteiger partial charge in [-0.15, -0.1) is 0 Å². The van der Waals surface area contributed by atoms with Gasteiger partial charge in [0.05, 0.1) is 12.1 Å². The Morgan fingerprint density at radius 2 is 1.83 bits per heavy atom. The molecule has 0 radical (unpaired) electrons. The fourth-order valence-corrected chi connectivity index (χ4v) is 6.09. The van der Waals surface area contributed by atoms with Crippen LogP contribution in [0.25, 0.3) is 17.0 Å². The lowest BCUT2D eigenvalue weighted by molar-refractivity contribution is -0.114. The molecule has 182 valence electrons. The number of aliphatic imine (C=N–C) groups is 1. The minimum absolute atomic E-state index is 0.0903. The number of amides is 1. The molecule has 0 spiro atoms. The van der Waals surface area contributed by atoms with Crippen molar-refractivity contribution in [3.05, 3.63) is 71.9 Å². The largest absolute Gasteiger partial charge is 0.492 e. The van der Waals surface area contributed by atoms with Crippen LogP contribution in [0.5, 0.6) is 5.75 Å². The van der Waals surface area contributed by atoms with Gasteiger partial charge in [-0.2, -0.15) is 15.1 Å². The standard InChI is InChI=1S/C28H27N5O2S/c29-25-23(26(34)30-28-33(25)31-27(36-28)19-9-3-1-4-10-19)17-20-18-32(24-14-8-7-13-22(20)24)15-16-35-21-11-5-2-6-12-21/h2,5-8,11-14,17-19,29H,1,3-4,9-10,15-16H2/b23-17+,29-25?. The number of hydrogen-bond acceptors (Lipinski definition) is 5. The van der Waals surface area contributed by atoms with Crippen molar-refractivity contribution >= 4 is 50.7 Å². The molecule has 3 aliphatic rings. The van der Waals surface area contributed by atoms with Gasteiger partial charge >= 0.3 is 0 Å². The van der Waals surface area contributed by atoms with Crippen LogP contribution in [0.2, 0.25) is 0 Å². The lowest BCUT2D eigenvalue weighted by Crippen LogP contribution is -2.35. The maximum Gasteiger partial charge on any atom is 0.283 e. The number of benzene rings is 2. The minimum Gasteiger partial charge on any atom is -0.492 e. The summed E-state index contributed by atoms with van der Waals surface area (Å²) in [6.07, 6.45) is 9.71. The van der Waals surface area contributed by atoms with Crippen molar-refractivity contribution in [2.75, 3.05) is 6.61 Å². The van der Waals surface area contributed by atoms with E-state index in [0.717, 1.165) is 40.1 Å². The summed E-state index contributed by atoms with van der Waals surface area (Å²) < 4.78 is 8.02. The first-order valence-corrected chi connectivity index (χ1v) is 13.2. The Labute approximate surface area is 214 Å². The number of amidine groups is 2. The Bertz CT molecular complexity index is 1420. The fraction of sp³-hybridized carbons (Fsp3) is 0.286. The van der Waals surface area contributed by atoms with Gasteiger partial charge in [0.15, 0.2) is 5.84 Å². The van der Waals surface area contributed by atoms with Crippen LogP contribution in [0.15, 0.2) is 76.5 Å². The Kier molecular flexibility index (Phi) is 6.19. The highest BCUT2D eigenvalue weighted by Crippen LogP contribution is 2.36. The average Bonchev–Trinajstić information content (AvgIpc) is 3.50. The van der Waals surface area contributed by atoms with Crippen molar-refractivity contribution in [2.24, 2.45) is 16.0 Å². The summed E-state index contributed by atoms with van der Waals surface area (Å²) >= 11 is 1.45. The molecule has 1 amide bonds. The molecular weight excluding hydrogens is 470 g/mol. The quantitative estimate of drug-likeness (QED) is 0.429. The van der Waals surface area contributed by atoms with E-state index in [-0.39, 0.29) is 17.3 Å². The fourth-order valence-electron chi connectivity index (χ4n) is 5.03. The van der Waals surface area contributed by atoms with Crippen molar-refractivity contribution in [1.29, 1.82) is 5.41 Å². The molecule has 0 saturated heterocycles. The van der Waals surface area contributed by atoms with E-state index in [4.69, 9.17) is 15.2 Å². The number of aromatic nitrogens is 1. The van der Waals surface area contributed by atoms with Gasteiger partial charge in [-0.3, -0.25) is 10.2 Å². The molecule has 1 fully saturated rings. The molecule has 2 aliphatic heterocycles. The first kappa shape index (κ1) is 22.8. The predicted molar refractivity (Wildman–Crippen MR) is 145 cm³/mol. The van der Waals surface area contributed by atoms with Crippen molar-refractivity contribution in [3.8, 4) is 5.75 Å². The summed E-state index contributed by atoms with van der Waals surface area (Å²) in [6.45, 7) is 1.18. The normalized spacial score (nSPS) is 19.6. The summed E-state index contributed by atoms with van der Waals surface area (Å²) in [7, 11) is 0. The van der Waals surface area contributed by atoms with E-state index in [1.807, 2.05) is 54.7 Å². The molecule has 0 bridgehead atoms. The van der Waals surface area contributed by atoms with Crippen LogP contribution in [0.1, 0.15) is 37.7 Å². The number of carbonyl (C=O) groups excluding carboxylic acids is 1. The Hall–Kier alpha value is -3.65. The lowest BCUT2D eigenvalue weighted by Gasteiger charge is -2.20. The molecule has 8 heteroatoms. The Balaban J connectivity index is 1.26. The van der Waals surface area contributed by atoms with E-state index in [2.05, 4.69) is 15.6 Å². The summed E-state index contributed by atoms with van der Waals surface area (Å²) in [4.78, 5) is 17.3. The van der Waals surface area contributed by atoms with Gasteiger partial charge in [0.1, 0.15) is 17.4 Å². The number of ether oxygens (including phenoxy) is 1. The zero-order valence-corrected chi connectivity index (χ0v) is 20.7. The highest BCUT2D eigenvalue weighted by molar-refractivity contribution is 8.27. The number of nitrogens with zero attached hydrogens (tertiary/aromatic N) is 4. The Morgan fingerprint density at radius 3 is 2.67 bits per heavy atom. The second kappa shape index (κ2) is 9.78. The molecule has 0 unspecified atom stereocenters. The number of thioether (sulfide) groups is 1. The van der Waals surface area contributed by atoms with E-state index >= 15 is 0 Å². The van der Waals surface area contributed by atoms with Crippen molar-refractivity contribution in [3.63, 3.8) is 0 Å². The molecule has 2 aromatic carbocycles. The molecule has 1 aliphatic carbocycles. The van der Waals surface area contributed by atoms with Crippen LogP contribution >= 0.6 is 11.8 Å². The van der Waals surface area contributed by atoms with Crippen molar-refractivity contribution in [1.82, 2.24) is 9.58 Å². The summed E-state index contributed by atoms with van der Waals surface area (Å²) in [5, 5.41) is 17.6. The molecule has 3 aromatic rings. The molecule has 0 atom stereocenters. The van der Waals surface area contributed by atoms with Gasteiger partial charge < -0.3 is 9.30 Å². The zero-order chi connectivity index (χ0) is 24.5. The highest BCUT2D eigenvalue weighted by Gasteiger charge is 2.38. The molecule has 1 aromatic heterocycles. The highest BCUT2D eigenvalue weighted by atomic mass is 32.2. The smallest absolute Gasteiger partial charge is 0.283 e. The first-order valence-electron chi connectivity index (χ1n) is 12.4. The third-order valence-electron chi connectivity index (χ3n) is 6.89.